The van der Waals surface area contributed by atoms with E-state index in [4.69, 9.17) is 13.8 Å². The summed E-state index contributed by atoms with van der Waals surface area (Å²) < 4.78 is 27.8. The number of carbonyl (C=O) groups is 1. The smallest absolute Gasteiger partial charge is 0.377 e. The van der Waals surface area contributed by atoms with Crippen molar-refractivity contribution in [1.29, 1.82) is 0 Å². The number of carbonyl (C=O) groups excluding carboxylic acids is 1. The lowest BCUT2D eigenvalue weighted by molar-refractivity contribution is -0.870. The summed E-state index contributed by atoms with van der Waals surface area (Å²) >= 11 is 0. The zero-order valence-electron chi connectivity index (χ0n) is 22.5. The van der Waals surface area contributed by atoms with Crippen molar-refractivity contribution in [1.82, 2.24) is 5.32 Å². The zero-order chi connectivity index (χ0) is 25.7. The number of hydrogen-bond donors (Lipinski definition) is 2. The first-order valence-electron chi connectivity index (χ1n) is 13.0. The van der Waals surface area contributed by atoms with Gasteiger partial charge in [-0.2, -0.15) is 0 Å². The second-order valence-corrected chi connectivity index (χ2v) is 11.4. The maximum atomic E-state index is 12.0. The van der Waals surface area contributed by atoms with Gasteiger partial charge in [-0.15, -0.1) is 0 Å². The van der Waals surface area contributed by atoms with Gasteiger partial charge in [-0.05, 0) is 25.7 Å². The molecule has 0 aromatic carbocycles. The number of rotatable bonds is 24. The van der Waals surface area contributed by atoms with E-state index in [9.17, 15) is 14.3 Å². The number of hydrogen-bond acceptors (Lipinski definition) is 5. The third kappa shape index (κ3) is 23.3. The molecule has 0 rings (SSSR count). The number of phosphoric ester groups is 1. The number of nitrogens with zero attached hydrogens (tertiary/aromatic N) is 1. The summed E-state index contributed by atoms with van der Waals surface area (Å²) in [6.07, 6.45) is 17.7. The molecule has 0 saturated heterocycles. The normalized spacial score (nSPS) is 14.6. The minimum Gasteiger partial charge on any atom is -0.377 e. The van der Waals surface area contributed by atoms with Gasteiger partial charge in [0.15, 0.2) is 0 Å². The van der Waals surface area contributed by atoms with E-state index in [1.54, 1.807) is 0 Å². The summed E-state index contributed by atoms with van der Waals surface area (Å²) in [5.41, 5.74) is 0. The average molecular weight is 508 g/mol. The molecule has 8 nitrogen and oxygen atoms in total. The molecule has 0 spiro atoms. The number of amides is 1. The van der Waals surface area contributed by atoms with Gasteiger partial charge in [0.25, 0.3) is 0 Å². The summed E-state index contributed by atoms with van der Waals surface area (Å²) in [6.45, 7) is 3.01. The predicted molar refractivity (Wildman–Crippen MR) is 137 cm³/mol. The van der Waals surface area contributed by atoms with E-state index in [-0.39, 0.29) is 25.7 Å². The molecule has 2 atom stereocenters. The molecule has 202 valence electrons. The molecule has 2 radical (unpaired) electrons. The van der Waals surface area contributed by atoms with Crippen LogP contribution in [-0.4, -0.2) is 75.9 Å². The van der Waals surface area contributed by atoms with E-state index < -0.39 is 13.9 Å². The van der Waals surface area contributed by atoms with Crippen molar-refractivity contribution in [3.8, 4) is 0 Å². The molecule has 0 aromatic rings. The van der Waals surface area contributed by atoms with E-state index in [2.05, 4.69) is 18.7 Å². The van der Waals surface area contributed by atoms with Crippen molar-refractivity contribution >= 4 is 13.7 Å². The van der Waals surface area contributed by atoms with Crippen molar-refractivity contribution < 1.29 is 32.5 Å². The average Bonchev–Trinajstić information content (AvgIpc) is 2.76. The van der Waals surface area contributed by atoms with Crippen LogP contribution in [0.25, 0.3) is 0 Å². The summed E-state index contributed by atoms with van der Waals surface area (Å²) in [5, 5.41) is 2.80. The highest BCUT2D eigenvalue weighted by atomic mass is 31.2. The third-order valence-corrected chi connectivity index (χ3v) is 6.50. The molecule has 34 heavy (non-hydrogen) atoms. The second-order valence-electron chi connectivity index (χ2n) is 9.96. The molecule has 0 heterocycles. The molecule has 0 saturated carbocycles. The van der Waals surface area contributed by atoms with E-state index in [1.165, 1.54) is 52.1 Å². The van der Waals surface area contributed by atoms with Crippen molar-refractivity contribution in [2.75, 3.05) is 54.6 Å². The zero-order valence-corrected chi connectivity index (χ0v) is 23.4. The Morgan fingerprint density at radius 1 is 0.971 bits per heavy atom. The number of quaternary nitrogens is 1. The fourth-order valence-electron chi connectivity index (χ4n) is 3.22. The fraction of sp³-hybridized carbons (Fsp3) is 0.920. The van der Waals surface area contributed by atoms with Crippen LogP contribution in [0.3, 0.4) is 0 Å². The van der Waals surface area contributed by atoms with E-state index in [0.717, 1.165) is 32.1 Å². The molecular formula is C25H52N2O6P+. The maximum Gasteiger partial charge on any atom is 0.472 e. The Balaban J connectivity index is 3.71. The largest absolute Gasteiger partial charge is 0.472 e. The summed E-state index contributed by atoms with van der Waals surface area (Å²) in [6, 6.07) is 0. The van der Waals surface area contributed by atoms with Crippen molar-refractivity contribution in [2.45, 2.75) is 96.5 Å². The molecule has 0 aliphatic heterocycles. The lowest BCUT2D eigenvalue weighted by atomic mass is 10.0. The SMILES string of the molecule is CCCCCCCCC[C]CCCCCC(=O)NCC(COP(=O)(O)OCC[N+](C)(C)C)OC. The minimum absolute atomic E-state index is 0.0514. The highest BCUT2D eigenvalue weighted by Crippen LogP contribution is 2.43. The molecule has 0 aliphatic rings. The molecule has 0 fully saturated rings. The Kier molecular flexibility index (Phi) is 20.4. The maximum absolute atomic E-state index is 12.0. The van der Waals surface area contributed by atoms with Crippen molar-refractivity contribution in [3.63, 3.8) is 0 Å². The number of likely N-dealkylation sites (N-methyl/N-ethyl adjacent to an activating group) is 1. The first-order valence-corrected chi connectivity index (χ1v) is 14.5. The van der Waals surface area contributed by atoms with Crippen LogP contribution in [0.4, 0.5) is 0 Å². The molecule has 0 aliphatic carbocycles. The molecule has 0 aromatic heterocycles. The molecular weight excluding hydrogens is 455 g/mol. The molecule has 2 unspecified atom stereocenters. The third-order valence-electron chi connectivity index (χ3n) is 5.51. The van der Waals surface area contributed by atoms with Crippen LogP contribution in [0.1, 0.15) is 90.4 Å². The van der Waals surface area contributed by atoms with Crippen LogP contribution in [0.15, 0.2) is 0 Å². The number of methoxy groups -OCH3 is 1. The number of phosphoric acid groups is 1. The standard InChI is InChI=1S/C25H51N2O6P/c1-6-7-8-9-10-11-12-13-14-15-16-17-18-19-25(28)26-22-24(31-5)23-33-34(29,30)32-21-20-27(2,3)4/h24H,6-13,15-23H2,1-5H3,(H-,26,28,29,30)/p+1. The lowest BCUT2D eigenvalue weighted by Gasteiger charge is -2.24. The molecule has 2 N–H and O–H groups in total. The summed E-state index contributed by atoms with van der Waals surface area (Å²) in [5.74, 6) is -0.0514. The first kappa shape index (κ1) is 33.5. The fourth-order valence-corrected chi connectivity index (χ4v) is 3.96. The lowest BCUT2D eigenvalue weighted by Crippen LogP contribution is -2.37. The van der Waals surface area contributed by atoms with Gasteiger partial charge in [-0.3, -0.25) is 13.8 Å². The van der Waals surface area contributed by atoms with Gasteiger partial charge in [0.2, 0.25) is 5.91 Å². The Morgan fingerprint density at radius 3 is 2.15 bits per heavy atom. The summed E-state index contributed by atoms with van der Waals surface area (Å²) in [4.78, 5) is 21.8. The van der Waals surface area contributed by atoms with Crippen LogP contribution in [0, 0.1) is 6.42 Å². The van der Waals surface area contributed by atoms with Crippen LogP contribution in [-0.2, 0) is 23.1 Å². The van der Waals surface area contributed by atoms with Crippen molar-refractivity contribution in [3.05, 3.63) is 6.42 Å². The van der Waals surface area contributed by atoms with Gasteiger partial charge >= 0.3 is 7.82 Å². The Labute approximate surface area is 209 Å². The van der Waals surface area contributed by atoms with Crippen molar-refractivity contribution in [2.24, 2.45) is 0 Å². The van der Waals surface area contributed by atoms with E-state index in [1.807, 2.05) is 21.1 Å². The minimum atomic E-state index is -4.15. The second kappa shape index (κ2) is 20.7. The van der Waals surface area contributed by atoms with Gasteiger partial charge in [0, 0.05) is 20.1 Å². The molecule has 9 heteroatoms. The van der Waals surface area contributed by atoms with Crippen LogP contribution in [0.2, 0.25) is 0 Å². The summed E-state index contributed by atoms with van der Waals surface area (Å²) in [7, 11) is 3.22. The van der Waals surface area contributed by atoms with Gasteiger partial charge in [-0.25, -0.2) is 4.57 Å². The topological polar surface area (TPSA) is 94.1 Å². The number of unbranched alkanes of at least 4 members (excludes halogenated alkanes) is 12. The Hall–Kier alpha value is -0.500. The number of ether oxygens (including phenoxy) is 1. The van der Waals surface area contributed by atoms with Gasteiger partial charge in [-0.1, -0.05) is 64.7 Å². The van der Waals surface area contributed by atoms with Crippen LogP contribution < -0.4 is 5.32 Å². The number of nitrogens with one attached hydrogen (secondary N) is 1. The monoisotopic (exact) mass is 507 g/mol. The molecule has 0 bridgehead atoms. The van der Waals surface area contributed by atoms with E-state index in [0.29, 0.717) is 17.4 Å². The first-order chi connectivity index (χ1) is 16.1. The van der Waals surface area contributed by atoms with Gasteiger partial charge in [0.05, 0.1) is 33.9 Å². The highest BCUT2D eigenvalue weighted by Gasteiger charge is 2.24. The quantitative estimate of drug-likeness (QED) is 0.107. The van der Waals surface area contributed by atoms with Gasteiger partial charge < -0.3 is 19.4 Å². The Morgan fingerprint density at radius 2 is 1.56 bits per heavy atom. The highest BCUT2D eigenvalue weighted by molar-refractivity contribution is 7.47. The van der Waals surface area contributed by atoms with E-state index >= 15 is 0 Å². The van der Waals surface area contributed by atoms with Crippen LogP contribution >= 0.6 is 7.82 Å². The van der Waals surface area contributed by atoms with Gasteiger partial charge in [0.1, 0.15) is 13.2 Å². The predicted octanol–water partition coefficient (Wildman–Crippen LogP) is 5.13. The molecule has 1 amide bonds. The van der Waals surface area contributed by atoms with Crippen LogP contribution in [0.5, 0.6) is 0 Å². The Bertz CT molecular complexity index is 542.